The second-order valence-electron chi connectivity index (χ2n) is 5.95. The summed E-state index contributed by atoms with van der Waals surface area (Å²) in [5.74, 6) is 0.920. The quantitative estimate of drug-likeness (QED) is 0.194. The summed E-state index contributed by atoms with van der Waals surface area (Å²) >= 11 is 23.5. The molecule has 4 nitrogen and oxygen atoms in total. The highest BCUT2D eigenvalue weighted by atomic mass is 35.5. The Morgan fingerprint density at radius 1 is 0.966 bits per heavy atom. The molecule has 8 heteroatoms. The van der Waals surface area contributed by atoms with Crippen LogP contribution in [0, 0.1) is 0 Å². The van der Waals surface area contributed by atoms with E-state index < -0.39 is 0 Å². The van der Waals surface area contributed by atoms with E-state index in [1.54, 1.807) is 12.1 Å². The summed E-state index contributed by atoms with van der Waals surface area (Å²) in [6, 6.07) is 13.1. The molecule has 2 aromatic rings. The molecule has 0 unspecified atom stereocenters. The van der Waals surface area contributed by atoms with Gasteiger partial charge in [-0.05, 0) is 31.4 Å². The van der Waals surface area contributed by atoms with Crippen molar-refractivity contribution in [1.82, 2.24) is 0 Å². The first-order chi connectivity index (χ1) is 14.0. The largest absolute Gasteiger partial charge is 0.490 e. The molecule has 0 N–H and O–H groups in total. The van der Waals surface area contributed by atoms with Gasteiger partial charge in [0.15, 0.2) is 5.75 Å². The van der Waals surface area contributed by atoms with Crippen LogP contribution in [-0.4, -0.2) is 25.5 Å². The van der Waals surface area contributed by atoms with Crippen molar-refractivity contribution in [2.45, 2.75) is 19.8 Å². The lowest BCUT2D eigenvalue weighted by Crippen LogP contribution is -2.02. The first-order valence-electron chi connectivity index (χ1n) is 8.95. The van der Waals surface area contributed by atoms with Crippen LogP contribution in [0.15, 0.2) is 58.2 Å². The van der Waals surface area contributed by atoms with Crippen LogP contribution >= 0.6 is 46.4 Å². The van der Waals surface area contributed by atoms with Crippen LogP contribution in [-0.2, 0) is 4.84 Å². The van der Waals surface area contributed by atoms with Crippen LogP contribution in [0.25, 0.3) is 0 Å². The number of unbranched alkanes of at least 4 members (excludes halogenated alkanes) is 1. The lowest BCUT2D eigenvalue weighted by Gasteiger charge is -2.12. The van der Waals surface area contributed by atoms with Gasteiger partial charge in [-0.15, -0.1) is 0 Å². The summed E-state index contributed by atoms with van der Waals surface area (Å²) in [5, 5.41) is 4.86. The van der Waals surface area contributed by atoms with Gasteiger partial charge in [0.1, 0.15) is 23.5 Å². The third kappa shape index (κ3) is 8.75. The lowest BCUT2D eigenvalue weighted by molar-refractivity contribution is 0.135. The summed E-state index contributed by atoms with van der Waals surface area (Å²) < 4.78 is 11.3. The van der Waals surface area contributed by atoms with E-state index in [4.69, 9.17) is 60.7 Å². The fourth-order valence-corrected chi connectivity index (χ4v) is 2.98. The fourth-order valence-electron chi connectivity index (χ4n) is 2.28. The standard InChI is InChI=1S/C21H21Cl4NO3/c1-15(16-7-3-2-4-8-16)26-29-11-6-5-10-28-21-18(22)13-17(14-19(21)23)27-12-9-20(24)25/h2-4,7-9,13-14H,5-6,10-12H2,1H3. The Morgan fingerprint density at radius 2 is 1.62 bits per heavy atom. The van der Waals surface area contributed by atoms with Gasteiger partial charge in [-0.1, -0.05) is 81.9 Å². The van der Waals surface area contributed by atoms with Crippen molar-refractivity contribution in [3.8, 4) is 11.5 Å². The summed E-state index contributed by atoms with van der Waals surface area (Å²) in [5.41, 5.74) is 1.88. The minimum atomic E-state index is 0.132. The van der Waals surface area contributed by atoms with Crippen LogP contribution in [0.5, 0.6) is 11.5 Å². The van der Waals surface area contributed by atoms with Gasteiger partial charge >= 0.3 is 0 Å². The average molecular weight is 477 g/mol. The highest BCUT2D eigenvalue weighted by Crippen LogP contribution is 2.37. The molecule has 0 saturated carbocycles. The molecule has 0 bridgehead atoms. The summed E-state index contributed by atoms with van der Waals surface area (Å²) in [6.07, 6.45) is 3.07. The number of hydrogen-bond acceptors (Lipinski definition) is 4. The molecular formula is C21H21Cl4NO3. The molecule has 0 aliphatic rings. The third-order valence-corrected chi connectivity index (χ3v) is 4.60. The first kappa shape index (κ1) is 23.7. The monoisotopic (exact) mass is 475 g/mol. The van der Waals surface area contributed by atoms with Crippen molar-refractivity contribution in [2.75, 3.05) is 19.8 Å². The summed E-state index contributed by atoms with van der Waals surface area (Å²) in [7, 11) is 0. The topological polar surface area (TPSA) is 40.0 Å². The summed E-state index contributed by atoms with van der Waals surface area (Å²) in [6.45, 7) is 3.07. The van der Waals surface area contributed by atoms with Crippen LogP contribution in [0.3, 0.4) is 0 Å². The molecule has 0 radical (unpaired) electrons. The third-order valence-electron chi connectivity index (χ3n) is 3.73. The smallest absolute Gasteiger partial charge is 0.156 e. The molecular weight excluding hydrogens is 456 g/mol. The summed E-state index contributed by atoms with van der Waals surface area (Å²) in [4.78, 5) is 5.36. The van der Waals surface area contributed by atoms with Crippen molar-refractivity contribution in [3.63, 3.8) is 0 Å². The van der Waals surface area contributed by atoms with Crippen molar-refractivity contribution in [1.29, 1.82) is 0 Å². The zero-order valence-electron chi connectivity index (χ0n) is 15.8. The van der Waals surface area contributed by atoms with Gasteiger partial charge in [0.05, 0.1) is 22.4 Å². The molecule has 0 saturated heterocycles. The van der Waals surface area contributed by atoms with Gasteiger partial charge in [-0.2, -0.15) is 0 Å². The molecule has 0 spiro atoms. The predicted molar refractivity (Wildman–Crippen MR) is 121 cm³/mol. The van der Waals surface area contributed by atoms with Crippen molar-refractivity contribution >= 4 is 52.1 Å². The van der Waals surface area contributed by atoms with E-state index in [1.165, 1.54) is 6.08 Å². The van der Waals surface area contributed by atoms with Gasteiger partial charge in [0, 0.05) is 12.1 Å². The SMILES string of the molecule is CC(=NOCCCCOc1c(Cl)cc(OCC=C(Cl)Cl)cc1Cl)c1ccccc1. The number of rotatable bonds is 11. The van der Waals surface area contributed by atoms with E-state index in [0.717, 1.165) is 24.1 Å². The Hall–Kier alpha value is -1.59. The van der Waals surface area contributed by atoms with Crippen molar-refractivity contribution in [2.24, 2.45) is 5.16 Å². The first-order valence-corrected chi connectivity index (χ1v) is 10.5. The van der Waals surface area contributed by atoms with E-state index in [0.29, 0.717) is 34.8 Å². The highest BCUT2D eigenvalue weighted by Gasteiger charge is 2.10. The number of hydrogen-bond donors (Lipinski definition) is 0. The second-order valence-corrected chi connectivity index (χ2v) is 7.77. The maximum atomic E-state index is 6.23. The Labute approximate surface area is 190 Å². The molecule has 0 amide bonds. The zero-order valence-corrected chi connectivity index (χ0v) is 18.9. The molecule has 0 fully saturated rings. The number of nitrogens with zero attached hydrogens (tertiary/aromatic N) is 1. The molecule has 156 valence electrons. The van der Waals surface area contributed by atoms with Gasteiger partial charge < -0.3 is 14.3 Å². The van der Waals surface area contributed by atoms with Crippen LogP contribution in [0.2, 0.25) is 10.0 Å². The number of ether oxygens (including phenoxy) is 2. The van der Waals surface area contributed by atoms with Gasteiger partial charge in [-0.3, -0.25) is 0 Å². The Balaban J connectivity index is 1.71. The molecule has 0 aliphatic carbocycles. The minimum absolute atomic E-state index is 0.132. The normalized spacial score (nSPS) is 11.1. The maximum absolute atomic E-state index is 6.23. The number of oxime groups is 1. The van der Waals surface area contributed by atoms with E-state index in [1.807, 2.05) is 37.3 Å². The highest BCUT2D eigenvalue weighted by molar-refractivity contribution is 6.55. The molecule has 0 aliphatic heterocycles. The molecule has 2 rings (SSSR count). The molecule has 29 heavy (non-hydrogen) atoms. The van der Waals surface area contributed by atoms with E-state index in [9.17, 15) is 0 Å². The van der Waals surface area contributed by atoms with Crippen LogP contribution in [0.1, 0.15) is 25.3 Å². The zero-order chi connectivity index (χ0) is 21.1. The van der Waals surface area contributed by atoms with E-state index >= 15 is 0 Å². The number of halogens is 4. The van der Waals surface area contributed by atoms with Gasteiger partial charge in [0.25, 0.3) is 0 Å². The predicted octanol–water partition coefficient (Wildman–Crippen LogP) is 7.29. The van der Waals surface area contributed by atoms with Crippen molar-refractivity contribution in [3.05, 3.63) is 68.6 Å². The average Bonchev–Trinajstić information content (AvgIpc) is 2.69. The van der Waals surface area contributed by atoms with Crippen molar-refractivity contribution < 1.29 is 14.3 Å². The Morgan fingerprint density at radius 3 is 2.28 bits per heavy atom. The molecule has 2 aromatic carbocycles. The van der Waals surface area contributed by atoms with Gasteiger partial charge in [0.2, 0.25) is 0 Å². The lowest BCUT2D eigenvalue weighted by atomic mass is 10.1. The van der Waals surface area contributed by atoms with E-state index in [-0.39, 0.29) is 11.1 Å². The van der Waals surface area contributed by atoms with Crippen LogP contribution < -0.4 is 9.47 Å². The second kappa shape index (κ2) is 12.9. The van der Waals surface area contributed by atoms with Gasteiger partial charge in [-0.25, -0.2) is 0 Å². The fraction of sp³-hybridized carbons (Fsp3) is 0.286. The maximum Gasteiger partial charge on any atom is 0.156 e. The number of benzene rings is 2. The molecule has 0 heterocycles. The Kier molecular flexibility index (Phi) is 10.5. The molecule has 0 aromatic heterocycles. The van der Waals surface area contributed by atoms with Crippen LogP contribution in [0.4, 0.5) is 0 Å². The van der Waals surface area contributed by atoms with E-state index in [2.05, 4.69) is 5.16 Å². The molecule has 0 atom stereocenters. The minimum Gasteiger partial charge on any atom is -0.490 e. The Bertz CT molecular complexity index is 814.